The van der Waals surface area contributed by atoms with Gasteiger partial charge in [0.25, 0.3) is 0 Å². The molecule has 0 bridgehead atoms. The molecule has 0 spiro atoms. The lowest BCUT2D eigenvalue weighted by molar-refractivity contribution is -0.111. The molecule has 1 aromatic heterocycles. The molecule has 0 saturated carbocycles. The SMILES string of the molecule is Cc1ccc(-c2c(C(N)=O)ccc(C)c2NC(=O)C=Cc2cccnc2)cc1. The van der Waals surface area contributed by atoms with Crippen LogP contribution in [0, 0.1) is 13.8 Å². The number of carbonyl (C=O) groups is 2. The van der Waals surface area contributed by atoms with Crippen LogP contribution in [0.15, 0.2) is 67.0 Å². The molecular weight excluding hydrogens is 350 g/mol. The Labute approximate surface area is 163 Å². The summed E-state index contributed by atoms with van der Waals surface area (Å²) in [5, 5.41) is 2.90. The maximum Gasteiger partial charge on any atom is 0.249 e. The van der Waals surface area contributed by atoms with E-state index < -0.39 is 5.91 Å². The van der Waals surface area contributed by atoms with Crippen LogP contribution in [0.4, 0.5) is 5.69 Å². The van der Waals surface area contributed by atoms with E-state index in [2.05, 4.69) is 10.3 Å². The van der Waals surface area contributed by atoms with Crippen LogP contribution in [-0.2, 0) is 4.79 Å². The van der Waals surface area contributed by atoms with Gasteiger partial charge in [0.2, 0.25) is 11.8 Å². The number of benzene rings is 2. The molecule has 3 N–H and O–H groups in total. The molecule has 3 rings (SSSR count). The van der Waals surface area contributed by atoms with Crippen LogP contribution in [0.2, 0.25) is 0 Å². The third kappa shape index (κ3) is 4.32. The zero-order chi connectivity index (χ0) is 20.1. The smallest absolute Gasteiger partial charge is 0.249 e. The Morgan fingerprint density at radius 3 is 2.43 bits per heavy atom. The molecule has 28 heavy (non-hydrogen) atoms. The summed E-state index contributed by atoms with van der Waals surface area (Å²) in [6, 6.07) is 14.9. The van der Waals surface area contributed by atoms with Crippen LogP contribution in [0.25, 0.3) is 17.2 Å². The minimum atomic E-state index is -0.544. The number of aromatic nitrogens is 1. The average Bonchev–Trinajstić information content (AvgIpc) is 2.69. The van der Waals surface area contributed by atoms with E-state index in [0.717, 1.165) is 22.3 Å². The number of nitrogens with zero attached hydrogens (tertiary/aromatic N) is 1. The third-order valence-electron chi connectivity index (χ3n) is 4.38. The van der Waals surface area contributed by atoms with Crippen molar-refractivity contribution in [2.75, 3.05) is 5.32 Å². The monoisotopic (exact) mass is 371 g/mol. The first-order valence-electron chi connectivity index (χ1n) is 8.85. The summed E-state index contributed by atoms with van der Waals surface area (Å²) in [5.74, 6) is -0.848. The predicted molar refractivity (Wildman–Crippen MR) is 112 cm³/mol. The molecule has 2 amide bonds. The van der Waals surface area contributed by atoms with E-state index in [1.54, 1.807) is 36.7 Å². The summed E-state index contributed by atoms with van der Waals surface area (Å²) in [5.41, 5.74) is 10.7. The number of primary amides is 1. The Kier molecular flexibility index (Phi) is 5.65. The van der Waals surface area contributed by atoms with Crippen molar-refractivity contribution in [1.82, 2.24) is 4.98 Å². The highest BCUT2D eigenvalue weighted by molar-refractivity contribution is 6.09. The van der Waals surface area contributed by atoms with Crippen molar-refractivity contribution >= 4 is 23.6 Å². The van der Waals surface area contributed by atoms with Crippen LogP contribution in [0.5, 0.6) is 0 Å². The standard InChI is InChI=1S/C23H21N3O2/c1-15-5-9-18(10-6-15)21-19(23(24)28)11-7-16(2)22(21)26-20(27)12-8-17-4-3-13-25-14-17/h3-14H,1-2H3,(H2,24,28)(H,26,27). The number of hydrogen-bond donors (Lipinski definition) is 2. The molecule has 0 unspecified atom stereocenters. The average molecular weight is 371 g/mol. The van der Waals surface area contributed by atoms with Gasteiger partial charge in [-0.3, -0.25) is 14.6 Å². The molecule has 0 fully saturated rings. The quantitative estimate of drug-likeness (QED) is 0.662. The van der Waals surface area contributed by atoms with Gasteiger partial charge in [-0.05, 0) is 48.7 Å². The Morgan fingerprint density at radius 2 is 1.79 bits per heavy atom. The highest BCUT2D eigenvalue weighted by atomic mass is 16.1. The number of aryl methyl sites for hydroxylation is 2. The Bertz CT molecular complexity index is 1040. The maximum absolute atomic E-state index is 12.5. The van der Waals surface area contributed by atoms with E-state index in [-0.39, 0.29) is 5.91 Å². The summed E-state index contributed by atoms with van der Waals surface area (Å²) in [7, 11) is 0. The molecule has 0 aliphatic carbocycles. The van der Waals surface area contributed by atoms with E-state index in [1.807, 2.05) is 44.2 Å². The number of nitrogens with two attached hydrogens (primary N) is 1. The summed E-state index contributed by atoms with van der Waals surface area (Å²) < 4.78 is 0. The summed E-state index contributed by atoms with van der Waals surface area (Å²) in [6.07, 6.45) is 6.46. The summed E-state index contributed by atoms with van der Waals surface area (Å²) in [4.78, 5) is 28.6. The van der Waals surface area contributed by atoms with E-state index in [1.165, 1.54) is 6.08 Å². The van der Waals surface area contributed by atoms with Crippen LogP contribution in [0.3, 0.4) is 0 Å². The number of hydrogen-bond acceptors (Lipinski definition) is 3. The third-order valence-corrected chi connectivity index (χ3v) is 4.38. The van der Waals surface area contributed by atoms with Crippen molar-refractivity contribution in [3.05, 3.63) is 89.3 Å². The molecular formula is C23H21N3O2. The minimum absolute atomic E-state index is 0.304. The second kappa shape index (κ2) is 8.31. The number of rotatable bonds is 5. The number of pyridine rings is 1. The van der Waals surface area contributed by atoms with E-state index in [4.69, 9.17) is 5.73 Å². The van der Waals surface area contributed by atoms with Gasteiger partial charge in [0.15, 0.2) is 0 Å². The lowest BCUT2D eigenvalue weighted by atomic mass is 9.94. The lowest BCUT2D eigenvalue weighted by Gasteiger charge is -2.17. The molecule has 0 atom stereocenters. The van der Waals surface area contributed by atoms with Gasteiger partial charge >= 0.3 is 0 Å². The fourth-order valence-corrected chi connectivity index (χ4v) is 2.90. The number of carbonyl (C=O) groups excluding carboxylic acids is 2. The first-order chi connectivity index (χ1) is 13.5. The number of nitrogens with one attached hydrogen (secondary N) is 1. The zero-order valence-corrected chi connectivity index (χ0v) is 15.8. The second-order valence-electron chi connectivity index (χ2n) is 6.52. The Morgan fingerprint density at radius 1 is 1.04 bits per heavy atom. The van der Waals surface area contributed by atoms with Crippen molar-refractivity contribution in [3.8, 4) is 11.1 Å². The van der Waals surface area contributed by atoms with Gasteiger partial charge in [0.05, 0.1) is 5.69 Å². The van der Waals surface area contributed by atoms with Gasteiger partial charge in [-0.25, -0.2) is 0 Å². The molecule has 5 nitrogen and oxygen atoms in total. The van der Waals surface area contributed by atoms with Crippen LogP contribution < -0.4 is 11.1 Å². The van der Waals surface area contributed by atoms with Gasteiger partial charge in [-0.2, -0.15) is 0 Å². The van der Waals surface area contributed by atoms with Gasteiger partial charge in [-0.1, -0.05) is 42.0 Å². The topological polar surface area (TPSA) is 85.1 Å². The van der Waals surface area contributed by atoms with Crippen LogP contribution in [-0.4, -0.2) is 16.8 Å². The lowest BCUT2D eigenvalue weighted by Crippen LogP contribution is -2.16. The minimum Gasteiger partial charge on any atom is -0.366 e. The summed E-state index contributed by atoms with van der Waals surface area (Å²) in [6.45, 7) is 3.86. The molecule has 0 radical (unpaired) electrons. The van der Waals surface area contributed by atoms with Gasteiger partial charge in [0, 0.05) is 29.6 Å². The maximum atomic E-state index is 12.5. The van der Waals surface area contributed by atoms with Crippen molar-refractivity contribution < 1.29 is 9.59 Å². The van der Waals surface area contributed by atoms with E-state index >= 15 is 0 Å². The molecule has 0 aliphatic heterocycles. The Hall–Kier alpha value is -3.73. The predicted octanol–water partition coefficient (Wildman–Crippen LogP) is 4.12. The van der Waals surface area contributed by atoms with Crippen molar-refractivity contribution in [3.63, 3.8) is 0 Å². The van der Waals surface area contributed by atoms with Crippen LogP contribution in [0.1, 0.15) is 27.0 Å². The van der Waals surface area contributed by atoms with Crippen molar-refractivity contribution in [2.45, 2.75) is 13.8 Å². The molecule has 1 heterocycles. The van der Waals surface area contributed by atoms with Crippen molar-refractivity contribution in [1.29, 1.82) is 0 Å². The first kappa shape index (κ1) is 19.0. The van der Waals surface area contributed by atoms with Gasteiger partial charge < -0.3 is 11.1 Å². The Balaban J connectivity index is 2.01. The van der Waals surface area contributed by atoms with E-state index in [0.29, 0.717) is 16.8 Å². The molecule has 0 saturated heterocycles. The number of anilines is 1. The molecule has 2 aromatic carbocycles. The highest BCUT2D eigenvalue weighted by Crippen LogP contribution is 2.34. The fraction of sp³-hybridized carbons (Fsp3) is 0.0870. The normalized spacial score (nSPS) is 10.8. The molecule has 3 aromatic rings. The summed E-state index contributed by atoms with van der Waals surface area (Å²) >= 11 is 0. The highest BCUT2D eigenvalue weighted by Gasteiger charge is 2.18. The second-order valence-corrected chi connectivity index (χ2v) is 6.52. The van der Waals surface area contributed by atoms with Crippen LogP contribution >= 0.6 is 0 Å². The van der Waals surface area contributed by atoms with Gasteiger partial charge in [0.1, 0.15) is 0 Å². The van der Waals surface area contributed by atoms with Crippen molar-refractivity contribution in [2.24, 2.45) is 5.73 Å². The molecule has 5 heteroatoms. The van der Waals surface area contributed by atoms with E-state index in [9.17, 15) is 9.59 Å². The fourth-order valence-electron chi connectivity index (χ4n) is 2.90. The zero-order valence-electron chi connectivity index (χ0n) is 15.8. The molecule has 140 valence electrons. The first-order valence-corrected chi connectivity index (χ1v) is 8.85. The number of amides is 2. The molecule has 0 aliphatic rings. The largest absolute Gasteiger partial charge is 0.366 e. The van der Waals surface area contributed by atoms with Gasteiger partial charge in [-0.15, -0.1) is 0 Å².